The third-order valence-electron chi connectivity index (χ3n) is 3.85. The minimum absolute atomic E-state index is 0.474. The highest BCUT2D eigenvalue weighted by Gasteiger charge is 2.11. The number of nitrogens with one attached hydrogen (secondary N) is 2. The van der Waals surface area contributed by atoms with Crippen LogP contribution in [0, 0.1) is 5.41 Å². The van der Waals surface area contributed by atoms with Crippen molar-refractivity contribution in [2.45, 2.75) is 39.5 Å². The number of hydrogen-bond donors (Lipinski definition) is 2. The molecule has 2 aromatic rings. The smallest absolute Gasteiger partial charge is 0.135 e. The van der Waals surface area contributed by atoms with Crippen molar-refractivity contribution < 1.29 is 4.74 Å². The Bertz CT molecular complexity index is 638. The van der Waals surface area contributed by atoms with Crippen LogP contribution in [0.25, 0.3) is 0 Å². The van der Waals surface area contributed by atoms with Gasteiger partial charge in [-0.15, -0.1) is 0 Å². The van der Waals surface area contributed by atoms with E-state index in [-0.39, 0.29) is 0 Å². The van der Waals surface area contributed by atoms with E-state index in [1.165, 1.54) is 19.3 Å². The van der Waals surface area contributed by atoms with Crippen molar-refractivity contribution in [1.82, 2.24) is 4.98 Å². The maximum Gasteiger partial charge on any atom is 0.135 e. The number of rotatable bonds is 10. The van der Waals surface area contributed by atoms with Crippen molar-refractivity contribution in [2.75, 3.05) is 18.5 Å². The number of ether oxygens (including phenoxy) is 1. The number of benzene rings is 1. The van der Waals surface area contributed by atoms with Gasteiger partial charge in [0, 0.05) is 23.9 Å². The van der Waals surface area contributed by atoms with Crippen LogP contribution in [0.2, 0.25) is 0 Å². The largest absolute Gasteiger partial charge is 0.494 e. The van der Waals surface area contributed by atoms with Crippen molar-refractivity contribution in [3.8, 4) is 5.75 Å². The zero-order valence-electron chi connectivity index (χ0n) is 14.6. The predicted octanol–water partition coefficient (Wildman–Crippen LogP) is 4.89. The van der Waals surface area contributed by atoms with Gasteiger partial charge in [-0.2, -0.15) is 0 Å². The lowest BCUT2D eigenvalue weighted by molar-refractivity contribution is 0.340. The summed E-state index contributed by atoms with van der Waals surface area (Å²) in [6.07, 6.45) is 6.61. The SMILES string of the molecule is CCCCCCNc1ncccc1C(=N)c1ccc(OCC)cc1. The molecule has 4 heteroatoms. The molecule has 0 saturated heterocycles. The lowest BCUT2D eigenvalue weighted by Crippen LogP contribution is -2.10. The minimum atomic E-state index is 0.474. The van der Waals surface area contributed by atoms with Crippen molar-refractivity contribution in [1.29, 1.82) is 5.41 Å². The Morgan fingerprint density at radius 1 is 1.08 bits per heavy atom. The average molecular weight is 325 g/mol. The van der Waals surface area contributed by atoms with Crippen LogP contribution in [-0.4, -0.2) is 23.8 Å². The van der Waals surface area contributed by atoms with Gasteiger partial charge in [0.1, 0.15) is 11.6 Å². The Hall–Kier alpha value is -2.36. The molecule has 1 heterocycles. The van der Waals surface area contributed by atoms with E-state index in [0.29, 0.717) is 12.3 Å². The number of pyridine rings is 1. The third kappa shape index (κ3) is 5.08. The van der Waals surface area contributed by atoms with Gasteiger partial charge < -0.3 is 10.1 Å². The number of anilines is 1. The van der Waals surface area contributed by atoms with Crippen molar-refractivity contribution >= 4 is 11.5 Å². The zero-order valence-corrected chi connectivity index (χ0v) is 14.6. The molecule has 1 aromatic carbocycles. The second kappa shape index (κ2) is 9.71. The van der Waals surface area contributed by atoms with Crippen LogP contribution in [0.3, 0.4) is 0 Å². The van der Waals surface area contributed by atoms with Crippen LogP contribution in [0.15, 0.2) is 42.6 Å². The number of hydrogen-bond acceptors (Lipinski definition) is 4. The molecule has 4 nitrogen and oxygen atoms in total. The Balaban J connectivity index is 2.05. The summed E-state index contributed by atoms with van der Waals surface area (Å²) in [4.78, 5) is 4.41. The molecule has 128 valence electrons. The van der Waals surface area contributed by atoms with Crippen LogP contribution >= 0.6 is 0 Å². The first-order chi connectivity index (χ1) is 11.8. The molecule has 1 aromatic heterocycles. The number of unbranched alkanes of at least 4 members (excludes halogenated alkanes) is 3. The quantitative estimate of drug-likeness (QED) is 0.483. The van der Waals surface area contributed by atoms with Gasteiger partial charge in [-0.05, 0) is 49.7 Å². The molecule has 0 saturated carbocycles. The molecule has 0 spiro atoms. The fraction of sp³-hybridized carbons (Fsp3) is 0.400. The van der Waals surface area contributed by atoms with Gasteiger partial charge in [-0.25, -0.2) is 4.98 Å². The zero-order chi connectivity index (χ0) is 17.2. The first-order valence-electron chi connectivity index (χ1n) is 8.77. The molecule has 0 aliphatic heterocycles. The Labute approximate surface area is 144 Å². The van der Waals surface area contributed by atoms with Crippen LogP contribution in [0.1, 0.15) is 50.7 Å². The van der Waals surface area contributed by atoms with Gasteiger partial charge in [-0.1, -0.05) is 26.2 Å². The predicted molar refractivity (Wildman–Crippen MR) is 100 cm³/mol. The van der Waals surface area contributed by atoms with Crippen molar-refractivity contribution in [2.24, 2.45) is 0 Å². The molecule has 2 rings (SSSR count). The lowest BCUT2D eigenvalue weighted by atomic mass is 10.0. The molecular weight excluding hydrogens is 298 g/mol. The van der Waals surface area contributed by atoms with Crippen LogP contribution in [0.5, 0.6) is 5.75 Å². The van der Waals surface area contributed by atoms with Gasteiger partial charge >= 0.3 is 0 Å². The highest BCUT2D eigenvalue weighted by atomic mass is 16.5. The summed E-state index contributed by atoms with van der Waals surface area (Å²) >= 11 is 0. The Morgan fingerprint density at radius 2 is 1.88 bits per heavy atom. The molecule has 24 heavy (non-hydrogen) atoms. The van der Waals surface area contributed by atoms with Crippen LogP contribution in [0.4, 0.5) is 5.82 Å². The second-order valence-corrected chi connectivity index (χ2v) is 5.72. The summed E-state index contributed by atoms with van der Waals surface area (Å²) in [6.45, 7) is 5.71. The molecule has 0 unspecified atom stereocenters. The first kappa shape index (κ1) is 18.0. The number of aromatic nitrogens is 1. The van der Waals surface area contributed by atoms with E-state index in [0.717, 1.165) is 35.7 Å². The molecule has 0 amide bonds. The van der Waals surface area contributed by atoms with E-state index in [2.05, 4.69) is 17.2 Å². The van der Waals surface area contributed by atoms with Gasteiger partial charge in [-0.3, -0.25) is 5.41 Å². The lowest BCUT2D eigenvalue weighted by Gasteiger charge is -2.12. The fourth-order valence-corrected chi connectivity index (χ4v) is 2.55. The molecule has 0 fully saturated rings. The molecule has 2 N–H and O–H groups in total. The summed E-state index contributed by atoms with van der Waals surface area (Å²) < 4.78 is 5.46. The highest BCUT2D eigenvalue weighted by Crippen LogP contribution is 2.19. The molecule has 0 atom stereocenters. The minimum Gasteiger partial charge on any atom is -0.494 e. The van der Waals surface area contributed by atoms with Gasteiger partial charge in [0.05, 0.1) is 12.3 Å². The summed E-state index contributed by atoms with van der Waals surface area (Å²) in [6, 6.07) is 11.5. The van der Waals surface area contributed by atoms with E-state index in [9.17, 15) is 0 Å². The standard InChI is InChI=1S/C20H27N3O/c1-3-5-6-7-14-22-20-18(9-8-15-23-20)19(21)16-10-12-17(13-11-16)24-4-2/h8-13,15,21H,3-7,14H2,1-2H3,(H,22,23). The van der Waals surface area contributed by atoms with Crippen LogP contribution in [-0.2, 0) is 0 Å². The topological polar surface area (TPSA) is 58.0 Å². The van der Waals surface area contributed by atoms with E-state index < -0.39 is 0 Å². The molecule has 0 aliphatic rings. The highest BCUT2D eigenvalue weighted by molar-refractivity contribution is 6.13. The number of nitrogens with zero attached hydrogens (tertiary/aromatic N) is 1. The van der Waals surface area contributed by atoms with Crippen molar-refractivity contribution in [3.05, 3.63) is 53.7 Å². The van der Waals surface area contributed by atoms with Crippen LogP contribution < -0.4 is 10.1 Å². The molecular formula is C20H27N3O. The van der Waals surface area contributed by atoms with E-state index in [1.807, 2.05) is 43.3 Å². The Morgan fingerprint density at radius 3 is 2.58 bits per heavy atom. The third-order valence-corrected chi connectivity index (χ3v) is 3.85. The molecule has 0 bridgehead atoms. The average Bonchev–Trinajstić information content (AvgIpc) is 2.62. The van der Waals surface area contributed by atoms with Gasteiger partial charge in [0.25, 0.3) is 0 Å². The monoisotopic (exact) mass is 325 g/mol. The van der Waals surface area contributed by atoms with E-state index >= 15 is 0 Å². The first-order valence-corrected chi connectivity index (χ1v) is 8.77. The summed E-state index contributed by atoms with van der Waals surface area (Å²) in [7, 11) is 0. The summed E-state index contributed by atoms with van der Waals surface area (Å²) in [5.41, 5.74) is 2.17. The maximum atomic E-state index is 8.51. The Kier molecular flexibility index (Phi) is 7.27. The second-order valence-electron chi connectivity index (χ2n) is 5.72. The normalized spacial score (nSPS) is 10.4. The molecule has 0 aliphatic carbocycles. The van der Waals surface area contributed by atoms with Gasteiger partial charge in [0.15, 0.2) is 0 Å². The van der Waals surface area contributed by atoms with E-state index in [1.54, 1.807) is 6.20 Å². The van der Waals surface area contributed by atoms with Gasteiger partial charge in [0.2, 0.25) is 0 Å². The maximum absolute atomic E-state index is 8.51. The van der Waals surface area contributed by atoms with E-state index in [4.69, 9.17) is 10.1 Å². The summed E-state index contributed by atoms with van der Waals surface area (Å²) in [5, 5.41) is 11.9. The summed E-state index contributed by atoms with van der Waals surface area (Å²) in [5.74, 6) is 1.61. The molecule has 0 radical (unpaired) electrons. The van der Waals surface area contributed by atoms with Crippen molar-refractivity contribution in [3.63, 3.8) is 0 Å². The fourth-order valence-electron chi connectivity index (χ4n) is 2.55.